The van der Waals surface area contributed by atoms with Gasteiger partial charge in [-0.05, 0) is 6.42 Å². The number of unbranched alkanes of at least 4 members (excludes halogenated alkanes) is 7. The third-order valence-electron chi connectivity index (χ3n) is 6.94. The monoisotopic (exact) mass is 556 g/mol. The Morgan fingerprint density at radius 1 is 0.579 bits per heavy atom. The van der Waals surface area contributed by atoms with Gasteiger partial charge >= 0.3 is 0 Å². The highest BCUT2D eigenvalue weighted by Gasteiger charge is 2.45. The molecule has 2 saturated heterocycles. The van der Waals surface area contributed by atoms with E-state index < -0.39 is 80.7 Å². The van der Waals surface area contributed by atoms with Gasteiger partial charge in [-0.25, -0.2) is 0 Å². The number of hydrogen-bond acceptors (Lipinski definition) is 13. The molecule has 11 atom stereocenters. The van der Waals surface area contributed by atoms with Crippen LogP contribution >= 0.6 is 0 Å². The van der Waals surface area contributed by atoms with Crippen molar-refractivity contribution in [3.8, 4) is 0 Å². The molecular weight excluding hydrogens is 508 g/mol. The fraction of sp³-hybridized carbons (Fsp3) is 1.00. The van der Waals surface area contributed by atoms with Gasteiger partial charge in [-0.3, -0.25) is 0 Å². The molecule has 2 heterocycles. The number of aliphatic hydroxyl groups excluding tert-OH is 8. The van der Waals surface area contributed by atoms with Crippen molar-refractivity contribution in [1.82, 2.24) is 0 Å². The van der Waals surface area contributed by atoms with Crippen molar-refractivity contribution in [3.63, 3.8) is 0 Å². The zero-order valence-corrected chi connectivity index (χ0v) is 22.2. The average Bonchev–Trinajstić information content (AvgIpc) is 2.92. The minimum absolute atomic E-state index is 0.183. The van der Waals surface area contributed by atoms with Crippen LogP contribution in [0.2, 0.25) is 0 Å². The molecule has 2 aliphatic heterocycles. The van der Waals surface area contributed by atoms with E-state index in [0.29, 0.717) is 6.61 Å². The zero-order valence-electron chi connectivity index (χ0n) is 22.2. The van der Waals surface area contributed by atoms with E-state index in [1.54, 1.807) is 0 Å². The highest BCUT2D eigenvalue weighted by Crippen LogP contribution is 2.24. The van der Waals surface area contributed by atoms with E-state index in [1.165, 1.54) is 25.7 Å². The number of hydrogen-bond donors (Lipinski definition) is 8. The molecule has 0 aromatic rings. The summed E-state index contributed by atoms with van der Waals surface area (Å²) >= 11 is 0. The molecule has 2 rings (SSSR count). The average molecular weight is 557 g/mol. The summed E-state index contributed by atoms with van der Waals surface area (Å²) in [6.45, 7) is 0.993. The van der Waals surface area contributed by atoms with Crippen molar-refractivity contribution >= 4 is 0 Å². The Bertz CT molecular complexity index is 570. The summed E-state index contributed by atoms with van der Waals surface area (Å²) in [6.07, 6.45) is -6.19. The Morgan fingerprint density at radius 3 is 1.42 bits per heavy atom. The molecule has 0 amide bonds. The molecule has 0 saturated carbocycles. The van der Waals surface area contributed by atoms with Crippen molar-refractivity contribution in [2.24, 2.45) is 0 Å². The topological polar surface area (TPSA) is 208 Å². The van der Waals surface area contributed by atoms with Crippen molar-refractivity contribution in [3.05, 3.63) is 0 Å². The van der Waals surface area contributed by atoms with Gasteiger partial charge in [0.1, 0.15) is 54.9 Å². The van der Waals surface area contributed by atoms with Gasteiger partial charge in [0.15, 0.2) is 12.6 Å². The first-order valence-electron chi connectivity index (χ1n) is 13.7. The lowest BCUT2D eigenvalue weighted by molar-refractivity contribution is -0.316. The Hall–Kier alpha value is -0.520. The van der Waals surface area contributed by atoms with Crippen LogP contribution < -0.4 is 0 Å². The first-order chi connectivity index (χ1) is 18.2. The fourth-order valence-electron chi connectivity index (χ4n) is 4.44. The molecule has 2 aliphatic rings. The molecule has 13 heteroatoms. The molecule has 1 unspecified atom stereocenters. The summed E-state index contributed by atoms with van der Waals surface area (Å²) in [7, 11) is 0. The molecule has 0 aromatic heterocycles. The van der Waals surface area contributed by atoms with E-state index in [2.05, 4.69) is 6.92 Å². The lowest BCUT2D eigenvalue weighted by Gasteiger charge is -2.40. The highest BCUT2D eigenvalue weighted by molar-refractivity contribution is 4.90. The van der Waals surface area contributed by atoms with Crippen LogP contribution in [0.4, 0.5) is 0 Å². The molecule has 0 aliphatic carbocycles. The van der Waals surface area contributed by atoms with E-state index in [-0.39, 0.29) is 13.2 Å². The third kappa shape index (κ3) is 10.1. The minimum Gasteiger partial charge on any atom is -0.394 e. The molecule has 0 radical (unpaired) electrons. The van der Waals surface area contributed by atoms with E-state index >= 15 is 0 Å². The molecule has 2 fully saturated rings. The normalized spacial score (nSPS) is 36.9. The van der Waals surface area contributed by atoms with Crippen LogP contribution in [-0.2, 0) is 23.7 Å². The van der Waals surface area contributed by atoms with Gasteiger partial charge in [0.25, 0.3) is 0 Å². The predicted molar refractivity (Wildman–Crippen MR) is 132 cm³/mol. The SMILES string of the molecule is CCCCCCCCCCOC(CO[C@@H]1O[C@H](CO)[C@@H](O)[C@H](O)[C@H]1O)CO[C@H]1O[C@H](CO)[C@@H](O)[C@H](O)[C@H]1O. The summed E-state index contributed by atoms with van der Waals surface area (Å²) in [5, 5.41) is 79.1. The van der Waals surface area contributed by atoms with Gasteiger partial charge in [0.2, 0.25) is 0 Å². The van der Waals surface area contributed by atoms with E-state index in [0.717, 1.165) is 25.7 Å². The second-order valence-corrected chi connectivity index (χ2v) is 10.0. The van der Waals surface area contributed by atoms with Gasteiger partial charge in [-0.2, -0.15) is 0 Å². The maximum atomic E-state index is 10.2. The largest absolute Gasteiger partial charge is 0.394 e. The van der Waals surface area contributed by atoms with Crippen LogP contribution in [0.25, 0.3) is 0 Å². The molecule has 226 valence electrons. The summed E-state index contributed by atoms with van der Waals surface area (Å²) in [5.41, 5.74) is 0. The van der Waals surface area contributed by atoms with E-state index in [1.807, 2.05) is 0 Å². The Kier molecular flexibility index (Phi) is 16.0. The van der Waals surface area contributed by atoms with E-state index in [4.69, 9.17) is 23.7 Å². The summed E-state index contributed by atoms with van der Waals surface area (Å²) < 4.78 is 27.8. The lowest BCUT2D eigenvalue weighted by atomic mass is 9.99. The highest BCUT2D eigenvalue weighted by atomic mass is 16.7. The van der Waals surface area contributed by atoms with Gasteiger partial charge < -0.3 is 64.5 Å². The summed E-state index contributed by atoms with van der Waals surface area (Å²) in [4.78, 5) is 0. The third-order valence-corrected chi connectivity index (χ3v) is 6.94. The maximum Gasteiger partial charge on any atom is 0.186 e. The minimum atomic E-state index is -1.59. The molecule has 0 bridgehead atoms. The first kappa shape index (κ1) is 33.7. The Morgan fingerprint density at radius 2 is 1.00 bits per heavy atom. The predicted octanol–water partition coefficient (Wildman–Crippen LogP) is -1.85. The van der Waals surface area contributed by atoms with Crippen LogP contribution in [0, 0.1) is 0 Å². The van der Waals surface area contributed by atoms with Crippen molar-refractivity contribution in [1.29, 1.82) is 0 Å². The maximum absolute atomic E-state index is 10.2. The number of rotatable bonds is 18. The lowest BCUT2D eigenvalue weighted by Crippen LogP contribution is -2.60. The van der Waals surface area contributed by atoms with Gasteiger partial charge in [0, 0.05) is 6.61 Å². The molecule has 8 N–H and O–H groups in total. The van der Waals surface area contributed by atoms with Crippen molar-refractivity contribution in [2.75, 3.05) is 33.0 Å². The molecule has 0 spiro atoms. The van der Waals surface area contributed by atoms with Crippen LogP contribution in [-0.4, -0.2) is 141 Å². The zero-order chi connectivity index (χ0) is 28.1. The van der Waals surface area contributed by atoms with Crippen LogP contribution in [0.1, 0.15) is 58.3 Å². The second kappa shape index (κ2) is 18.0. The molecule has 38 heavy (non-hydrogen) atoms. The Balaban J connectivity index is 1.89. The fourth-order valence-corrected chi connectivity index (χ4v) is 4.44. The summed E-state index contributed by atoms with van der Waals surface area (Å²) in [6, 6.07) is 0. The molecular formula is C25H48O13. The second-order valence-electron chi connectivity index (χ2n) is 10.0. The van der Waals surface area contributed by atoms with Crippen LogP contribution in [0.3, 0.4) is 0 Å². The van der Waals surface area contributed by atoms with E-state index in [9.17, 15) is 40.9 Å². The standard InChI is InChI=1S/C25H48O13/c1-2-3-4-5-6-7-8-9-10-34-15(13-35-24-22(32)20(30)18(28)16(11-26)37-24)14-36-25-23(33)21(31)19(29)17(12-27)38-25/h15-33H,2-14H2,1H3/t15?,16-,17-,18-,19-,20+,21+,22-,23-,24-,25+/m1/s1. The van der Waals surface area contributed by atoms with Crippen LogP contribution in [0.5, 0.6) is 0 Å². The smallest absolute Gasteiger partial charge is 0.186 e. The first-order valence-corrected chi connectivity index (χ1v) is 13.7. The molecule has 0 aromatic carbocycles. The quantitative estimate of drug-likeness (QED) is 0.0873. The number of aliphatic hydroxyl groups is 8. The summed E-state index contributed by atoms with van der Waals surface area (Å²) in [5.74, 6) is 0. The van der Waals surface area contributed by atoms with Gasteiger partial charge in [-0.1, -0.05) is 51.9 Å². The van der Waals surface area contributed by atoms with Gasteiger partial charge in [-0.15, -0.1) is 0 Å². The van der Waals surface area contributed by atoms with Gasteiger partial charge in [0.05, 0.1) is 26.4 Å². The van der Waals surface area contributed by atoms with Crippen molar-refractivity contribution in [2.45, 2.75) is 126 Å². The molecule has 13 nitrogen and oxygen atoms in total. The number of ether oxygens (including phenoxy) is 5. The Labute approximate surface area is 223 Å². The van der Waals surface area contributed by atoms with Crippen molar-refractivity contribution < 1.29 is 64.5 Å². The van der Waals surface area contributed by atoms with Crippen LogP contribution in [0.15, 0.2) is 0 Å².